The van der Waals surface area contributed by atoms with Crippen molar-refractivity contribution >= 4 is 39.0 Å². The number of carbonyl (C=O) groups excluding carboxylic acids is 1. The molecule has 2 aromatic carbocycles. The largest absolute Gasteiger partial charge is 0.369 e. The molecular formula is C26H28N4OS. The maximum Gasteiger partial charge on any atom is 0.227 e. The maximum atomic E-state index is 12.8. The predicted octanol–water partition coefficient (Wildman–Crippen LogP) is 6.22. The quantitative estimate of drug-likeness (QED) is 0.328. The van der Waals surface area contributed by atoms with Crippen LogP contribution in [0.3, 0.4) is 0 Å². The summed E-state index contributed by atoms with van der Waals surface area (Å²) in [5.74, 6) is 0.973. The van der Waals surface area contributed by atoms with E-state index in [0.717, 1.165) is 33.7 Å². The van der Waals surface area contributed by atoms with Crippen LogP contribution in [-0.4, -0.2) is 29.0 Å². The predicted molar refractivity (Wildman–Crippen MR) is 135 cm³/mol. The van der Waals surface area contributed by atoms with Crippen molar-refractivity contribution in [3.63, 3.8) is 0 Å². The van der Waals surface area contributed by atoms with Crippen molar-refractivity contribution in [1.82, 2.24) is 9.97 Å². The Bertz CT molecular complexity index is 1220. The molecule has 6 heteroatoms. The van der Waals surface area contributed by atoms with Crippen LogP contribution in [0, 0.1) is 13.8 Å². The fourth-order valence-electron chi connectivity index (χ4n) is 4.01. The molecule has 0 aliphatic carbocycles. The van der Waals surface area contributed by atoms with Gasteiger partial charge in [0.05, 0.1) is 5.39 Å². The lowest BCUT2D eigenvalue weighted by Gasteiger charge is -2.21. The Balaban J connectivity index is 1.45. The van der Waals surface area contributed by atoms with E-state index in [1.165, 1.54) is 16.0 Å². The van der Waals surface area contributed by atoms with E-state index in [9.17, 15) is 4.79 Å². The lowest BCUT2D eigenvalue weighted by atomic mass is 10.0. The minimum atomic E-state index is 0.143. The van der Waals surface area contributed by atoms with Gasteiger partial charge in [-0.05, 0) is 50.5 Å². The normalized spacial score (nSPS) is 11.0. The third kappa shape index (κ3) is 4.65. The van der Waals surface area contributed by atoms with Crippen LogP contribution in [0.5, 0.6) is 0 Å². The van der Waals surface area contributed by atoms with E-state index >= 15 is 0 Å². The van der Waals surface area contributed by atoms with Crippen molar-refractivity contribution in [3.05, 3.63) is 71.4 Å². The first-order chi connectivity index (χ1) is 15.6. The molecule has 164 valence electrons. The summed E-state index contributed by atoms with van der Waals surface area (Å²) in [7, 11) is 0. The van der Waals surface area contributed by atoms with Crippen molar-refractivity contribution in [2.45, 2.75) is 33.6 Å². The summed E-state index contributed by atoms with van der Waals surface area (Å²) in [6.07, 6.45) is 2.82. The van der Waals surface area contributed by atoms with E-state index < -0.39 is 0 Å². The average Bonchev–Trinajstić information content (AvgIpc) is 3.14. The molecule has 32 heavy (non-hydrogen) atoms. The summed E-state index contributed by atoms with van der Waals surface area (Å²) >= 11 is 1.69. The number of carbonyl (C=O) groups is 1. The van der Waals surface area contributed by atoms with Gasteiger partial charge in [0.2, 0.25) is 5.91 Å². The molecule has 0 radical (unpaired) electrons. The zero-order valence-electron chi connectivity index (χ0n) is 18.8. The molecule has 2 heterocycles. The second kappa shape index (κ2) is 9.92. The Morgan fingerprint density at radius 3 is 2.62 bits per heavy atom. The monoisotopic (exact) mass is 444 g/mol. The Morgan fingerprint density at radius 1 is 1.06 bits per heavy atom. The molecular weight excluding hydrogens is 416 g/mol. The van der Waals surface area contributed by atoms with Gasteiger partial charge in [0.25, 0.3) is 0 Å². The number of hydrogen-bond acceptors (Lipinski definition) is 5. The number of aryl methyl sites for hydroxylation is 2. The van der Waals surface area contributed by atoms with Crippen LogP contribution in [0.2, 0.25) is 0 Å². The smallest absolute Gasteiger partial charge is 0.227 e. The first kappa shape index (κ1) is 22.0. The highest BCUT2D eigenvalue weighted by molar-refractivity contribution is 7.19. The van der Waals surface area contributed by atoms with Crippen molar-refractivity contribution in [3.8, 4) is 11.1 Å². The molecule has 0 spiro atoms. The number of anilines is 2. The van der Waals surface area contributed by atoms with Crippen LogP contribution in [0.25, 0.3) is 21.3 Å². The van der Waals surface area contributed by atoms with E-state index in [1.807, 2.05) is 43.0 Å². The molecule has 2 aromatic heterocycles. The zero-order chi connectivity index (χ0) is 22.5. The molecule has 0 unspecified atom stereocenters. The van der Waals surface area contributed by atoms with E-state index in [2.05, 4.69) is 52.5 Å². The minimum absolute atomic E-state index is 0.143. The van der Waals surface area contributed by atoms with Crippen LogP contribution >= 0.6 is 11.3 Å². The van der Waals surface area contributed by atoms with Crippen LogP contribution < -0.4 is 10.2 Å². The van der Waals surface area contributed by atoms with Gasteiger partial charge in [-0.1, -0.05) is 42.5 Å². The Morgan fingerprint density at radius 2 is 1.88 bits per heavy atom. The van der Waals surface area contributed by atoms with E-state index in [1.54, 1.807) is 17.7 Å². The van der Waals surface area contributed by atoms with E-state index in [4.69, 9.17) is 0 Å². The summed E-state index contributed by atoms with van der Waals surface area (Å²) in [5, 5.41) is 4.51. The number of hydrogen-bond donors (Lipinski definition) is 1. The summed E-state index contributed by atoms with van der Waals surface area (Å²) < 4.78 is 0. The highest BCUT2D eigenvalue weighted by Gasteiger charge is 2.17. The molecule has 4 aromatic rings. The molecule has 5 nitrogen and oxygen atoms in total. The van der Waals surface area contributed by atoms with Crippen molar-refractivity contribution in [1.29, 1.82) is 0 Å². The summed E-state index contributed by atoms with van der Waals surface area (Å²) in [4.78, 5) is 25.9. The molecule has 4 rings (SSSR count). The average molecular weight is 445 g/mol. The first-order valence-corrected chi connectivity index (χ1v) is 11.8. The number of nitrogens with zero attached hydrogens (tertiary/aromatic N) is 3. The molecule has 0 aliphatic rings. The van der Waals surface area contributed by atoms with Crippen LogP contribution in [0.15, 0.2) is 60.9 Å². The molecule has 0 fully saturated rings. The minimum Gasteiger partial charge on any atom is -0.369 e. The van der Waals surface area contributed by atoms with Crippen molar-refractivity contribution < 1.29 is 4.79 Å². The van der Waals surface area contributed by atoms with Crippen molar-refractivity contribution in [2.75, 3.05) is 23.3 Å². The Hall–Kier alpha value is -3.25. The van der Waals surface area contributed by atoms with Crippen molar-refractivity contribution in [2.24, 2.45) is 0 Å². The van der Waals surface area contributed by atoms with Crippen LogP contribution in [0.1, 0.15) is 30.2 Å². The molecule has 0 bridgehead atoms. The Kier molecular flexibility index (Phi) is 6.81. The topological polar surface area (TPSA) is 58.1 Å². The second-order valence-corrected chi connectivity index (χ2v) is 9.01. The number of fused-ring (bicyclic) bond motifs is 1. The highest BCUT2D eigenvalue weighted by Crippen LogP contribution is 2.40. The highest BCUT2D eigenvalue weighted by atomic mass is 32.1. The van der Waals surface area contributed by atoms with E-state index in [-0.39, 0.29) is 5.91 Å². The fourth-order valence-corrected chi connectivity index (χ4v) is 5.02. The van der Waals surface area contributed by atoms with Gasteiger partial charge in [-0.15, -0.1) is 11.3 Å². The lowest BCUT2D eigenvalue weighted by molar-refractivity contribution is -0.118. The number of rotatable bonds is 8. The van der Waals surface area contributed by atoms with Gasteiger partial charge in [0, 0.05) is 35.6 Å². The number of thiophene rings is 1. The molecule has 0 aliphatic heterocycles. The summed E-state index contributed by atoms with van der Waals surface area (Å²) in [6, 6.07) is 18.5. The first-order valence-electron chi connectivity index (χ1n) is 11.0. The van der Waals surface area contributed by atoms with Crippen LogP contribution in [-0.2, 0) is 4.79 Å². The standard InChI is InChI=1S/C26H28N4OS/c1-4-30(21-13-8-10-18(2)16-21)22(31)14-9-15-27-25-24-23(20-11-6-5-7-12-20)19(3)32-26(24)29-17-28-25/h5-8,10-13,16-17H,4,9,14-15H2,1-3H3,(H,27,28,29). The third-order valence-corrected chi connectivity index (χ3v) is 6.53. The van der Waals surface area contributed by atoms with Gasteiger partial charge in [-0.25, -0.2) is 9.97 Å². The molecule has 1 amide bonds. The SMILES string of the molecule is CCN(C(=O)CCCNc1ncnc2sc(C)c(-c3ccccc3)c12)c1cccc(C)c1. The molecule has 0 saturated carbocycles. The zero-order valence-corrected chi connectivity index (χ0v) is 19.6. The summed E-state index contributed by atoms with van der Waals surface area (Å²) in [6.45, 7) is 7.52. The van der Waals surface area contributed by atoms with Gasteiger partial charge in [-0.2, -0.15) is 0 Å². The Labute approximate surface area is 193 Å². The van der Waals surface area contributed by atoms with E-state index in [0.29, 0.717) is 19.5 Å². The van der Waals surface area contributed by atoms with Gasteiger partial charge < -0.3 is 10.2 Å². The van der Waals surface area contributed by atoms with Gasteiger partial charge in [-0.3, -0.25) is 4.79 Å². The number of benzene rings is 2. The molecule has 0 saturated heterocycles. The molecule has 0 atom stereocenters. The van der Waals surface area contributed by atoms with Gasteiger partial charge >= 0.3 is 0 Å². The van der Waals surface area contributed by atoms with Gasteiger partial charge in [0.15, 0.2) is 0 Å². The molecule has 1 N–H and O–H groups in total. The number of aromatic nitrogens is 2. The number of amides is 1. The number of nitrogens with one attached hydrogen (secondary N) is 1. The third-order valence-electron chi connectivity index (χ3n) is 5.52. The van der Waals surface area contributed by atoms with Crippen LogP contribution in [0.4, 0.5) is 11.5 Å². The lowest BCUT2D eigenvalue weighted by Crippen LogP contribution is -2.30. The fraction of sp³-hybridized carbons (Fsp3) is 0.269. The maximum absolute atomic E-state index is 12.8. The van der Waals surface area contributed by atoms with Gasteiger partial charge in [0.1, 0.15) is 17.0 Å². The summed E-state index contributed by atoms with van der Waals surface area (Å²) in [5.41, 5.74) is 4.47. The second-order valence-electron chi connectivity index (χ2n) is 7.81.